The van der Waals surface area contributed by atoms with Crippen LogP contribution in [0.1, 0.15) is 16.9 Å². The average Bonchev–Trinajstić information content (AvgIpc) is 3.40. The van der Waals surface area contributed by atoms with Crippen molar-refractivity contribution in [3.8, 4) is 28.8 Å². The van der Waals surface area contributed by atoms with Crippen LogP contribution in [0.25, 0.3) is 11.3 Å². The van der Waals surface area contributed by atoms with E-state index in [9.17, 15) is 4.79 Å². The standard InChI is InChI=1S/C21H23N5O4/c1-25-18(12-17(24-25)14-5-4-6-15(11-14)28-2)21(27)26-10-9-16(13-26)30-20-8-7-19(29-3)22-23-20/h4-8,11-12,16H,9-10,13H2,1-3H3. The molecule has 3 aromatic rings. The highest BCUT2D eigenvalue weighted by atomic mass is 16.5. The summed E-state index contributed by atoms with van der Waals surface area (Å²) >= 11 is 0. The second-order valence-corrected chi connectivity index (χ2v) is 6.96. The Hall–Kier alpha value is -3.62. The highest BCUT2D eigenvalue weighted by Crippen LogP contribution is 2.25. The molecule has 1 aromatic carbocycles. The summed E-state index contributed by atoms with van der Waals surface area (Å²) in [6.07, 6.45) is 0.586. The van der Waals surface area contributed by atoms with Gasteiger partial charge in [0.2, 0.25) is 11.8 Å². The maximum absolute atomic E-state index is 13.1. The minimum atomic E-state index is -0.136. The molecule has 0 spiro atoms. The fourth-order valence-electron chi connectivity index (χ4n) is 3.41. The van der Waals surface area contributed by atoms with E-state index in [2.05, 4.69) is 15.3 Å². The minimum Gasteiger partial charge on any atom is -0.497 e. The van der Waals surface area contributed by atoms with Crippen molar-refractivity contribution in [2.24, 2.45) is 7.05 Å². The van der Waals surface area contributed by atoms with Crippen LogP contribution in [0.15, 0.2) is 42.5 Å². The molecule has 0 bridgehead atoms. The van der Waals surface area contributed by atoms with Crippen LogP contribution >= 0.6 is 0 Å². The highest BCUT2D eigenvalue weighted by Gasteiger charge is 2.30. The van der Waals surface area contributed by atoms with Gasteiger partial charge in [-0.1, -0.05) is 12.1 Å². The number of carbonyl (C=O) groups is 1. The van der Waals surface area contributed by atoms with E-state index in [1.54, 1.807) is 41.9 Å². The monoisotopic (exact) mass is 409 g/mol. The predicted molar refractivity (Wildman–Crippen MR) is 109 cm³/mol. The topological polar surface area (TPSA) is 91.6 Å². The van der Waals surface area contributed by atoms with Crippen molar-refractivity contribution in [1.82, 2.24) is 24.9 Å². The molecular formula is C21H23N5O4. The lowest BCUT2D eigenvalue weighted by molar-refractivity contribution is 0.0760. The highest BCUT2D eigenvalue weighted by molar-refractivity contribution is 5.94. The molecule has 0 radical (unpaired) electrons. The first kappa shape index (κ1) is 19.7. The molecular weight excluding hydrogens is 386 g/mol. The predicted octanol–water partition coefficient (Wildman–Crippen LogP) is 2.19. The third kappa shape index (κ3) is 4.05. The summed E-state index contributed by atoms with van der Waals surface area (Å²) < 4.78 is 17.7. The molecule has 9 heteroatoms. The molecule has 4 rings (SSSR count). The summed E-state index contributed by atoms with van der Waals surface area (Å²) in [5.41, 5.74) is 2.14. The second kappa shape index (κ2) is 8.40. The van der Waals surface area contributed by atoms with Crippen LogP contribution in [0.5, 0.6) is 17.5 Å². The Morgan fingerprint density at radius 3 is 2.60 bits per heavy atom. The average molecular weight is 409 g/mol. The molecule has 1 saturated heterocycles. The SMILES string of the molecule is COc1cccc(-c2cc(C(=O)N3CCC(Oc4ccc(OC)nn4)C3)n(C)n2)c1. The molecule has 2 aromatic heterocycles. The first-order chi connectivity index (χ1) is 14.6. The number of amides is 1. The molecule has 1 aliphatic heterocycles. The summed E-state index contributed by atoms with van der Waals surface area (Å²) in [5.74, 6) is 1.50. The van der Waals surface area contributed by atoms with Crippen LogP contribution in [0.3, 0.4) is 0 Å². The molecule has 1 atom stereocenters. The first-order valence-electron chi connectivity index (χ1n) is 9.59. The number of likely N-dealkylation sites (tertiary alicyclic amines) is 1. The van der Waals surface area contributed by atoms with Gasteiger partial charge in [0.15, 0.2) is 0 Å². The lowest BCUT2D eigenvalue weighted by atomic mass is 10.1. The van der Waals surface area contributed by atoms with Crippen molar-refractivity contribution in [3.05, 3.63) is 48.2 Å². The van der Waals surface area contributed by atoms with Gasteiger partial charge in [-0.2, -0.15) is 5.10 Å². The maximum Gasteiger partial charge on any atom is 0.272 e. The number of aryl methyl sites for hydroxylation is 1. The van der Waals surface area contributed by atoms with Crippen molar-refractivity contribution < 1.29 is 19.0 Å². The Labute approximate surface area is 174 Å². The van der Waals surface area contributed by atoms with Gasteiger partial charge in [0.05, 0.1) is 26.5 Å². The van der Waals surface area contributed by atoms with E-state index in [0.29, 0.717) is 30.5 Å². The smallest absolute Gasteiger partial charge is 0.272 e. The van der Waals surface area contributed by atoms with Gasteiger partial charge in [-0.3, -0.25) is 9.48 Å². The summed E-state index contributed by atoms with van der Waals surface area (Å²) in [4.78, 5) is 14.8. The van der Waals surface area contributed by atoms with Crippen molar-refractivity contribution in [2.45, 2.75) is 12.5 Å². The molecule has 0 aliphatic carbocycles. The molecule has 0 N–H and O–H groups in total. The number of hydrogen-bond donors (Lipinski definition) is 0. The van der Waals surface area contributed by atoms with Crippen LogP contribution in [-0.4, -0.2) is 64.2 Å². The van der Waals surface area contributed by atoms with Gasteiger partial charge in [-0.05, 0) is 18.2 Å². The second-order valence-electron chi connectivity index (χ2n) is 6.96. The molecule has 1 amide bonds. The molecule has 1 fully saturated rings. The lowest BCUT2D eigenvalue weighted by Gasteiger charge is -2.16. The molecule has 1 aliphatic rings. The van der Waals surface area contributed by atoms with E-state index in [1.807, 2.05) is 24.3 Å². The van der Waals surface area contributed by atoms with Gasteiger partial charge >= 0.3 is 0 Å². The fourth-order valence-corrected chi connectivity index (χ4v) is 3.41. The van der Waals surface area contributed by atoms with Crippen molar-refractivity contribution >= 4 is 5.91 Å². The van der Waals surface area contributed by atoms with Gasteiger partial charge < -0.3 is 19.1 Å². The Kier molecular flexibility index (Phi) is 5.51. The van der Waals surface area contributed by atoms with Crippen molar-refractivity contribution in [2.75, 3.05) is 27.3 Å². The van der Waals surface area contributed by atoms with Gasteiger partial charge in [0, 0.05) is 37.7 Å². The largest absolute Gasteiger partial charge is 0.497 e. The first-order valence-corrected chi connectivity index (χ1v) is 9.59. The van der Waals surface area contributed by atoms with Crippen LogP contribution in [-0.2, 0) is 7.05 Å². The maximum atomic E-state index is 13.1. The fraction of sp³-hybridized carbons (Fsp3) is 0.333. The number of benzene rings is 1. The Balaban J connectivity index is 1.44. The number of carbonyl (C=O) groups excluding carboxylic acids is 1. The third-order valence-electron chi connectivity index (χ3n) is 5.01. The summed E-state index contributed by atoms with van der Waals surface area (Å²) in [7, 11) is 4.92. The van der Waals surface area contributed by atoms with Crippen LogP contribution in [0.2, 0.25) is 0 Å². The molecule has 30 heavy (non-hydrogen) atoms. The van der Waals surface area contributed by atoms with Gasteiger partial charge in [0.25, 0.3) is 5.91 Å². The zero-order valence-corrected chi connectivity index (χ0v) is 17.1. The lowest BCUT2D eigenvalue weighted by Crippen LogP contribution is -2.32. The van der Waals surface area contributed by atoms with E-state index in [1.165, 1.54) is 7.11 Å². The minimum absolute atomic E-state index is 0.0777. The zero-order valence-electron chi connectivity index (χ0n) is 17.1. The number of aromatic nitrogens is 4. The number of rotatable bonds is 6. The van der Waals surface area contributed by atoms with Crippen molar-refractivity contribution in [3.63, 3.8) is 0 Å². The summed E-state index contributed by atoms with van der Waals surface area (Å²) in [5, 5.41) is 12.4. The third-order valence-corrected chi connectivity index (χ3v) is 5.01. The van der Waals surface area contributed by atoms with Gasteiger partial charge in [0.1, 0.15) is 17.5 Å². The van der Waals surface area contributed by atoms with E-state index < -0.39 is 0 Å². The van der Waals surface area contributed by atoms with Crippen LogP contribution in [0.4, 0.5) is 0 Å². The van der Waals surface area contributed by atoms with E-state index >= 15 is 0 Å². The van der Waals surface area contributed by atoms with E-state index in [-0.39, 0.29) is 12.0 Å². The summed E-state index contributed by atoms with van der Waals surface area (Å²) in [6.45, 7) is 1.08. The molecule has 3 heterocycles. The quantitative estimate of drug-likeness (QED) is 0.616. The van der Waals surface area contributed by atoms with Crippen molar-refractivity contribution in [1.29, 1.82) is 0 Å². The normalized spacial score (nSPS) is 15.8. The number of hydrogen-bond acceptors (Lipinski definition) is 7. The van der Waals surface area contributed by atoms with Crippen LogP contribution in [0, 0.1) is 0 Å². The Morgan fingerprint density at radius 2 is 1.87 bits per heavy atom. The van der Waals surface area contributed by atoms with Crippen LogP contribution < -0.4 is 14.2 Å². The molecule has 1 unspecified atom stereocenters. The molecule has 9 nitrogen and oxygen atoms in total. The number of methoxy groups -OCH3 is 2. The molecule has 156 valence electrons. The number of ether oxygens (including phenoxy) is 3. The van der Waals surface area contributed by atoms with E-state index in [0.717, 1.165) is 23.4 Å². The summed E-state index contributed by atoms with van der Waals surface area (Å²) in [6, 6.07) is 12.8. The molecule has 0 saturated carbocycles. The Morgan fingerprint density at radius 1 is 1.07 bits per heavy atom. The number of nitrogens with zero attached hydrogens (tertiary/aromatic N) is 5. The zero-order chi connectivity index (χ0) is 21.1. The van der Waals surface area contributed by atoms with Gasteiger partial charge in [-0.15, -0.1) is 10.2 Å². The Bertz CT molecular complexity index is 1030. The van der Waals surface area contributed by atoms with Gasteiger partial charge in [-0.25, -0.2) is 0 Å². The van der Waals surface area contributed by atoms with E-state index in [4.69, 9.17) is 14.2 Å².